The second-order valence-electron chi connectivity index (χ2n) is 6.73. The molecule has 0 spiro atoms. The molecule has 7 nitrogen and oxygen atoms in total. The maximum Gasteiger partial charge on any atom is 0.254 e. The lowest BCUT2D eigenvalue weighted by atomic mass is 10.1. The highest BCUT2D eigenvalue weighted by molar-refractivity contribution is 9.10. The Kier molecular flexibility index (Phi) is 5.71. The van der Waals surface area contributed by atoms with Gasteiger partial charge in [0.1, 0.15) is 5.52 Å². The van der Waals surface area contributed by atoms with Crippen LogP contribution < -0.4 is 0 Å². The van der Waals surface area contributed by atoms with Gasteiger partial charge in [-0.15, -0.1) is 5.10 Å². The number of halogens is 1. The number of benzene rings is 2. The highest BCUT2D eigenvalue weighted by Gasteiger charge is 2.18. The van der Waals surface area contributed by atoms with E-state index in [1.165, 1.54) is 0 Å². The first-order chi connectivity index (χ1) is 14.2. The van der Waals surface area contributed by atoms with Gasteiger partial charge >= 0.3 is 0 Å². The fourth-order valence-electron chi connectivity index (χ4n) is 3.26. The molecule has 8 heteroatoms. The summed E-state index contributed by atoms with van der Waals surface area (Å²) in [6.07, 6.45) is 5.40. The first kappa shape index (κ1) is 19.3. The van der Waals surface area contributed by atoms with Crippen molar-refractivity contribution >= 4 is 32.9 Å². The van der Waals surface area contributed by atoms with E-state index in [4.69, 9.17) is 0 Å². The zero-order valence-corrected chi connectivity index (χ0v) is 17.7. The number of hydrogen-bond acceptors (Lipinski definition) is 4. The molecule has 0 atom stereocenters. The quantitative estimate of drug-likeness (QED) is 0.428. The van der Waals surface area contributed by atoms with Crippen molar-refractivity contribution in [2.24, 2.45) is 0 Å². The molecule has 0 radical (unpaired) electrons. The lowest BCUT2D eigenvalue weighted by molar-refractivity contribution is 0.0737. The molecule has 0 N–H and O–H groups in total. The summed E-state index contributed by atoms with van der Waals surface area (Å²) in [5, 5.41) is 8.33. The molecule has 0 saturated heterocycles. The van der Waals surface area contributed by atoms with Gasteiger partial charge in [-0.2, -0.15) is 0 Å². The summed E-state index contributed by atoms with van der Waals surface area (Å²) in [5.41, 5.74) is 3.33. The predicted octanol–water partition coefficient (Wildman–Crippen LogP) is 3.75. The molecule has 0 unspecified atom stereocenters. The van der Waals surface area contributed by atoms with E-state index in [1.54, 1.807) is 12.5 Å². The van der Waals surface area contributed by atoms with E-state index >= 15 is 0 Å². The minimum Gasteiger partial charge on any atom is -0.336 e. The van der Waals surface area contributed by atoms with Crippen molar-refractivity contribution in [2.75, 3.05) is 6.54 Å². The summed E-state index contributed by atoms with van der Waals surface area (Å²) in [6.45, 7) is 4.50. The molecule has 0 bridgehead atoms. The van der Waals surface area contributed by atoms with Gasteiger partial charge < -0.3 is 9.47 Å². The van der Waals surface area contributed by atoms with Crippen LogP contribution in [0.3, 0.4) is 0 Å². The molecule has 0 saturated carbocycles. The van der Waals surface area contributed by atoms with Gasteiger partial charge in [0.15, 0.2) is 0 Å². The minimum atomic E-state index is -0.0335. The van der Waals surface area contributed by atoms with E-state index in [2.05, 4.69) is 31.2 Å². The molecule has 148 valence electrons. The Labute approximate surface area is 177 Å². The molecule has 2 aromatic carbocycles. The number of hydrogen-bond donors (Lipinski definition) is 0. The molecular weight excluding hydrogens is 432 g/mol. The Morgan fingerprint density at radius 2 is 2.07 bits per heavy atom. The van der Waals surface area contributed by atoms with Gasteiger partial charge in [-0.05, 0) is 36.8 Å². The zero-order valence-electron chi connectivity index (χ0n) is 16.1. The topological polar surface area (TPSA) is 68.8 Å². The number of aryl methyl sites for hydroxylation is 1. The van der Waals surface area contributed by atoms with Crippen LogP contribution in [0.25, 0.3) is 11.0 Å². The number of rotatable bonds is 7. The van der Waals surface area contributed by atoms with Crippen LogP contribution in [0.4, 0.5) is 0 Å². The summed E-state index contributed by atoms with van der Waals surface area (Å²) >= 11 is 3.59. The van der Waals surface area contributed by atoms with Gasteiger partial charge in [-0.3, -0.25) is 4.79 Å². The summed E-state index contributed by atoms with van der Waals surface area (Å²) in [7, 11) is 0. The van der Waals surface area contributed by atoms with E-state index in [9.17, 15) is 4.79 Å². The molecule has 0 aliphatic carbocycles. The molecule has 4 rings (SSSR count). The monoisotopic (exact) mass is 452 g/mol. The molecule has 29 heavy (non-hydrogen) atoms. The Hall–Kier alpha value is -3.00. The third-order valence-corrected chi connectivity index (χ3v) is 5.63. The fourth-order valence-corrected chi connectivity index (χ4v) is 3.67. The first-order valence-corrected chi connectivity index (χ1v) is 10.3. The van der Waals surface area contributed by atoms with Crippen molar-refractivity contribution in [3.63, 3.8) is 0 Å². The minimum absolute atomic E-state index is 0.0335. The normalized spacial score (nSPS) is 11.1. The Morgan fingerprint density at radius 1 is 1.21 bits per heavy atom. The largest absolute Gasteiger partial charge is 0.336 e. The second-order valence-corrected chi connectivity index (χ2v) is 7.58. The summed E-state index contributed by atoms with van der Waals surface area (Å²) in [4.78, 5) is 19.3. The van der Waals surface area contributed by atoms with Crippen LogP contribution in [0.1, 0.15) is 22.8 Å². The lowest BCUT2D eigenvalue weighted by Gasteiger charge is -2.24. The maximum atomic E-state index is 13.4. The molecule has 2 aromatic heterocycles. The van der Waals surface area contributed by atoms with Crippen molar-refractivity contribution in [2.45, 2.75) is 26.6 Å². The van der Waals surface area contributed by atoms with E-state index in [0.29, 0.717) is 25.2 Å². The summed E-state index contributed by atoms with van der Waals surface area (Å²) < 4.78 is 4.78. The number of carbonyl (C=O) groups is 1. The Morgan fingerprint density at radius 3 is 2.83 bits per heavy atom. The van der Waals surface area contributed by atoms with Crippen LogP contribution in [0.2, 0.25) is 0 Å². The summed E-state index contributed by atoms with van der Waals surface area (Å²) in [6, 6.07) is 13.6. The van der Waals surface area contributed by atoms with E-state index in [1.807, 2.05) is 69.7 Å². The predicted molar refractivity (Wildman–Crippen MR) is 114 cm³/mol. The van der Waals surface area contributed by atoms with Gasteiger partial charge in [-0.1, -0.05) is 39.3 Å². The van der Waals surface area contributed by atoms with Crippen molar-refractivity contribution < 1.29 is 4.79 Å². The fraction of sp³-hybridized carbons (Fsp3) is 0.238. The molecule has 4 aromatic rings. The molecule has 0 aliphatic rings. The van der Waals surface area contributed by atoms with Crippen molar-refractivity contribution in [3.05, 3.63) is 76.8 Å². The number of imidazole rings is 1. The number of amides is 1. The maximum absolute atomic E-state index is 13.4. The van der Waals surface area contributed by atoms with E-state index < -0.39 is 0 Å². The number of fused-ring (bicyclic) bond motifs is 1. The van der Waals surface area contributed by atoms with Crippen LogP contribution >= 0.6 is 15.9 Å². The molecule has 0 fully saturated rings. The van der Waals surface area contributed by atoms with E-state index in [0.717, 1.165) is 27.6 Å². The Bertz CT molecular complexity index is 1120. The number of aromatic nitrogens is 5. The van der Waals surface area contributed by atoms with Gasteiger partial charge in [0.05, 0.1) is 11.8 Å². The van der Waals surface area contributed by atoms with Crippen LogP contribution in [-0.4, -0.2) is 41.9 Å². The van der Waals surface area contributed by atoms with Gasteiger partial charge in [0.2, 0.25) is 0 Å². The molecule has 1 amide bonds. The molecule has 0 aliphatic heterocycles. The smallest absolute Gasteiger partial charge is 0.254 e. The molecular formula is C21H21BrN6O. The lowest BCUT2D eigenvalue weighted by Crippen LogP contribution is -2.33. The SMILES string of the molecule is CCn1nnc2cc(C(=O)N(CCn3ccnc3)Cc3ccccc3Br)ccc21. The Balaban J connectivity index is 1.61. The van der Waals surface area contributed by atoms with Crippen molar-refractivity contribution in [1.29, 1.82) is 0 Å². The average molecular weight is 453 g/mol. The van der Waals surface area contributed by atoms with Crippen LogP contribution in [0.15, 0.2) is 65.7 Å². The van der Waals surface area contributed by atoms with Gasteiger partial charge in [0, 0.05) is 48.6 Å². The highest BCUT2D eigenvalue weighted by Crippen LogP contribution is 2.20. The van der Waals surface area contributed by atoms with Crippen LogP contribution in [0, 0.1) is 0 Å². The third kappa shape index (κ3) is 4.22. The molecule has 2 heterocycles. The number of carbonyl (C=O) groups excluding carboxylic acids is 1. The third-order valence-electron chi connectivity index (χ3n) is 4.85. The summed E-state index contributed by atoms with van der Waals surface area (Å²) in [5.74, 6) is -0.0335. The van der Waals surface area contributed by atoms with Crippen molar-refractivity contribution in [1.82, 2.24) is 29.4 Å². The number of nitrogens with zero attached hydrogens (tertiary/aromatic N) is 6. The van der Waals surface area contributed by atoms with Crippen molar-refractivity contribution in [3.8, 4) is 0 Å². The zero-order chi connectivity index (χ0) is 20.2. The van der Waals surface area contributed by atoms with E-state index in [-0.39, 0.29) is 5.91 Å². The highest BCUT2D eigenvalue weighted by atomic mass is 79.9. The standard InChI is InChI=1S/C21H21BrN6O/c1-2-28-20-8-7-16(13-19(20)24-25-28)21(29)27(12-11-26-10-9-23-15-26)14-17-5-3-4-6-18(17)22/h3-10,13,15H,2,11-12,14H2,1H3. The van der Waals surface area contributed by atoms with Crippen LogP contribution in [0.5, 0.6) is 0 Å². The van der Waals surface area contributed by atoms with Crippen LogP contribution in [-0.2, 0) is 19.6 Å². The van der Waals surface area contributed by atoms with Gasteiger partial charge in [0.25, 0.3) is 5.91 Å². The average Bonchev–Trinajstić information content (AvgIpc) is 3.41. The second kappa shape index (κ2) is 8.57. The van der Waals surface area contributed by atoms with Gasteiger partial charge in [-0.25, -0.2) is 9.67 Å². The first-order valence-electron chi connectivity index (χ1n) is 9.47.